The van der Waals surface area contributed by atoms with Crippen LogP contribution in [0.1, 0.15) is 0 Å². The van der Waals surface area contributed by atoms with E-state index in [0.717, 1.165) is 5.69 Å². The van der Waals surface area contributed by atoms with Gasteiger partial charge in [0, 0.05) is 11.9 Å². The van der Waals surface area contributed by atoms with E-state index < -0.39 is 12.4 Å². The van der Waals surface area contributed by atoms with E-state index in [9.17, 15) is 9.90 Å². The number of hydrogen-bond donors (Lipinski definition) is 2. The molecular formula is C15H14N2O3. The minimum Gasteiger partial charge on any atom is -0.493 e. The van der Waals surface area contributed by atoms with Gasteiger partial charge >= 0.3 is 0 Å². The fourth-order valence-electron chi connectivity index (χ4n) is 2.47. The van der Waals surface area contributed by atoms with Crippen molar-refractivity contribution in [1.29, 1.82) is 0 Å². The van der Waals surface area contributed by atoms with Crippen molar-refractivity contribution in [3.05, 3.63) is 66.3 Å². The maximum atomic E-state index is 11.9. The second kappa shape index (κ2) is 4.86. The Hall–Kier alpha value is -2.53. The minimum absolute atomic E-state index is 0.113. The standard InChI is InChI=1S/C15H14N2O3/c18-10-12(19)14-15(20)17(11-6-2-1-3-7-11)13-8-4-5-9-16(13)14/h1-9,13,18,20H,10H2. The van der Waals surface area contributed by atoms with Crippen LogP contribution in [0.5, 0.6) is 0 Å². The molecule has 2 N–H and O–H groups in total. The number of fused-ring (bicyclic) bond motifs is 1. The number of aliphatic hydroxyl groups excluding tert-OH is 2. The van der Waals surface area contributed by atoms with E-state index in [-0.39, 0.29) is 17.7 Å². The lowest BCUT2D eigenvalue weighted by Gasteiger charge is -2.30. The Morgan fingerprint density at radius 3 is 2.65 bits per heavy atom. The summed E-state index contributed by atoms with van der Waals surface area (Å²) in [5.41, 5.74) is 0.891. The smallest absolute Gasteiger partial charge is 0.222 e. The van der Waals surface area contributed by atoms with E-state index in [0.29, 0.717) is 0 Å². The number of hydrogen-bond acceptors (Lipinski definition) is 5. The molecule has 0 saturated heterocycles. The molecule has 2 aliphatic rings. The molecule has 20 heavy (non-hydrogen) atoms. The summed E-state index contributed by atoms with van der Waals surface area (Å²) in [7, 11) is 0. The molecule has 0 radical (unpaired) electrons. The van der Waals surface area contributed by atoms with Crippen molar-refractivity contribution < 1.29 is 15.0 Å². The summed E-state index contributed by atoms with van der Waals surface area (Å²) in [4.78, 5) is 15.2. The van der Waals surface area contributed by atoms with E-state index in [4.69, 9.17) is 5.11 Å². The van der Waals surface area contributed by atoms with Gasteiger partial charge in [-0.2, -0.15) is 0 Å². The molecule has 0 bridgehead atoms. The van der Waals surface area contributed by atoms with Gasteiger partial charge in [-0.1, -0.05) is 24.3 Å². The largest absolute Gasteiger partial charge is 0.493 e. The van der Waals surface area contributed by atoms with Crippen LogP contribution in [0, 0.1) is 0 Å². The predicted octanol–water partition coefficient (Wildman–Crippen LogP) is 1.51. The third-order valence-corrected chi connectivity index (χ3v) is 3.33. The van der Waals surface area contributed by atoms with E-state index in [1.807, 2.05) is 42.5 Å². The number of para-hydroxylation sites is 1. The van der Waals surface area contributed by atoms with Crippen LogP contribution in [0.2, 0.25) is 0 Å². The van der Waals surface area contributed by atoms with Crippen LogP contribution >= 0.6 is 0 Å². The van der Waals surface area contributed by atoms with Crippen molar-refractivity contribution in [2.75, 3.05) is 11.5 Å². The molecule has 0 aliphatic carbocycles. The number of carbonyl (C=O) groups is 1. The molecule has 1 aromatic rings. The lowest BCUT2D eigenvalue weighted by molar-refractivity contribution is -0.119. The molecule has 0 saturated carbocycles. The number of aliphatic hydroxyl groups is 2. The van der Waals surface area contributed by atoms with Crippen LogP contribution in [0.25, 0.3) is 0 Å². The van der Waals surface area contributed by atoms with Crippen molar-refractivity contribution in [1.82, 2.24) is 4.90 Å². The zero-order chi connectivity index (χ0) is 14.1. The van der Waals surface area contributed by atoms with Crippen LogP contribution in [-0.4, -0.2) is 33.7 Å². The molecule has 2 aliphatic heterocycles. The summed E-state index contributed by atoms with van der Waals surface area (Å²) in [6, 6.07) is 9.32. The third kappa shape index (κ3) is 1.80. The highest BCUT2D eigenvalue weighted by molar-refractivity contribution is 5.97. The van der Waals surface area contributed by atoms with E-state index >= 15 is 0 Å². The van der Waals surface area contributed by atoms with Crippen LogP contribution in [0.4, 0.5) is 5.69 Å². The Morgan fingerprint density at radius 1 is 1.20 bits per heavy atom. The molecule has 0 aromatic heterocycles. The fraction of sp³-hybridized carbons (Fsp3) is 0.133. The predicted molar refractivity (Wildman–Crippen MR) is 74.6 cm³/mol. The molecule has 102 valence electrons. The van der Waals surface area contributed by atoms with Crippen molar-refractivity contribution in [2.24, 2.45) is 0 Å². The number of nitrogens with zero attached hydrogens (tertiary/aromatic N) is 2. The molecule has 0 amide bonds. The zero-order valence-corrected chi connectivity index (χ0v) is 10.7. The Bertz CT molecular complexity index is 619. The SMILES string of the molecule is O=C(CO)C1=C(O)N(c2ccccc2)C2C=CC=CN12. The summed E-state index contributed by atoms with van der Waals surface area (Å²) in [5.74, 6) is -0.651. The molecule has 2 heterocycles. The highest BCUT2D eigenvalue weighted by Crippen LogP contribution is 2.35. The van der Waals surface area contributed by atoms with Gasteiger partial charge in [0.25, 0.3) is 0 Å². The summed E-state index contributed by atoms with van der Waals surface area (Å²) in [6.45, 7) is -0.636. The minimum atomic E-state index is -0.636. The number of benzene rings is 1. The lowest BCUT2D eigenvalue weighted by atomic mass is 10.2. The van der Waals surface area contributed by atoms with E-state index in [1.165, 1.54) is 0 Å². The average Bonchev–Trinajstić information content (AvgIpc) is 2.79. The number of anilines is 1. The Kier molecular flexibility index (Phi) is 3.04. The number of rotatable bonds is 3. The van der Waals surface area contributed by atoms with Gasteiger partial charge in [-0.25, -0.2) is 0 Å². The van der Waals surface area contributed by atoms with Crippen molar-refractivity contribution in [3.8, 4) is 0 Å². The molecule has 5 nitrogen and oxygen atoms in total. The average molecular weight is 270 g/mol. The van der Waals surface area contributed by atoms with Gasteiger partial charge < -0.3 is 15.1 Å². The molecule has 1 aromatic carbocycles. The summed E-state index contributed by atoms with van der Waals surface area (Å²) in [5, 5.41) is 19.5. The van der Waals surface area contributed by atoms with Crippen LogP contribution in [-0.2, 0) is 4.79 Å². The normalized spacial score (nSPS) is 20.6. The first-order valence-electron chi connectivity index (χ1n) is 6.29. The highest BCUT2D eigenvalue weighted by Gasteiger charge is 2.40. The molecule has 0 fully saturated rings. The van der Waals surface area contributed by atoms with Crippen molar-refractivity contribution >= 4 is 11.5 Å². The molecule has 1 unspecified atom stereocenters. The molecule has 1 atom stereocenters. The van der Waals surface area contributed by atoms with Crippen molar-refractivity contribution in [3.63, 3.8) is 0 Å². The van der Waals surface area contributed by atoms with Gasteiger partial charge in [-0.05, 0) is 24.3 Å². The van der Waals surface area contributed by atoms with E-state index in [1.54, 1.807) is 22.1 Å². The van der Waals surface area contributed by atoms with E-state index in [2.05, 4.69) is 0 Å². The topological polar surface area (TPSA) is 64.0 Å². The first kappa shape index (κ1) is 12.5. The molecule has 3 rings (SSSR count). The second-order valence-corrected chi connectivity index (χ2v) is 4.51. The number of Topliss-reactive ketones (excluding diaryl/α,β-unsaturated/α-hetero) is 1. The first-order chi connectivity index (χ1) is 9.74. The molecule has 0 spiro atoms. The van der Waals surface area contributed by atoms with Crippen LogP contribution in [0.3, 0.4) is 0 Å². The van der Waals surface area contributed by atoms with Gasteiger partial charge in [-0.15, -0.1) is 0 Å². The monoisotopic (exact) mass is 270 g/mol. The Labute approximate surface area is 116 Å². The molecular weight excluding hydrogens is 256 g/mol. The number of carbonyl (C=O) groups excluding carboxylic acids is 1. The summed E-state index contributed by atoms with van der Waals surface area (Å²) < 4.78 is 0. The maximum absolute atomic E-state index is 11.9. The van der Waals surface area contributed by atoms with Crippen LogP contribution in [0.15, 0.2) is 66.3 Å². The highest BCUT2D eigenvalue weighted by atomic mass is 16.3. The Morgan fingerprint density at radius 2 is 1.95 bits per heavy atom. The third-order valence-electron chi connectivity index (χ3n) is 3.33. The van der Waals surface area contributed by atoms with Gasteiger partial charge in [-0.3, -0.25) is 9.69 Å². The van der Waals surface area contributed by atoms with Gasteiger partial charge in [0.05, 0.1) is 0 Å². The molecule has 5 heteroatoms. The van der Waals surface area contributed by atoms with Gasteiger partial charge in [0.1, 0.15) is 18.5 Å². The zero-order valence-electron chi connectivity index (χ0n) is 10.7. The number of allylic oxidation sites excluding steroid dienone is 2. The first-order valence-corrected chi connectivity index (χ1v) is 6.29. The summed E-state index contributed by atoms with van der Waals surface area (Å²) >= 11 is 0. The second-order valence-electron chi connectivity index (χ2n) is 4.51. The number of ketones is 1. The lowest BCUT2D eigenvalue weighted by Crippen LogP contribution is -2.38. The summed E-state index contributed by atoms with van der Waals surface area (Å²) in [6.07, 6.45) is 6.93. The van der Waals surface area contributed by atoms with Crippen molar-refractivity contribution in [2.45, 2.75) is 6.17 Å². The fourth-order valence-corrected chi connectivity index (χ4v) is 2.47. The van der Waals surface area contributed by atoms with Gasteiger partial charge in [0.2, 0.25) is 11.7 Å². The van der Waals surface area contributed by atoms with Crippen LogP contribution < -0.4 is 4.90 Å². The maximum Gasteiger partial charge on any atom is 0.222 e. The quantitative estimate of drug-likeness (QED) is 0.871. The van der Waals surface area contributed by atoms with Gasteiger partial charge in [0.15, 0.2) is 0 Å². The Balaban J connectivity index is 2.10.